The Morgan fingerprint density at radius 2 is 2.15 bits per heavy atom. The predicted octanol–water partition coefficient (Wildman–Crippen LogP) is 0.0987. The molecule has 3 atom stereocenters. The number of amides is 1. The normalized spacial score (nSPS) is 27.8. The molecule has 0 spiro atoms. The van der Waals surface area contributed by atoms with Gasteiger partial charge >= 0.3 is 5.97 Å². The molecule has 0 fully saturated rings. The first-order valence-corrected chi connectivity index (χ1v) is 6.86. The highest BCUT2D eigenvalue weighted by Gasteiger charge is 2.47. The quantitative estimate of drug-likeness (QED) is 0.502. The molecule has 0 unspecified atom stereocenters. The van der Waals surface area contributed by atoms with Crippen molar-refractivity contribution in [1.29, 1.82) is 0 Å². The summed E-state index contributed by atoms with van der Waals surface area (Å²) >= 11 is 0. The van der Waals surface area contributed by atoms with E-state index in [-0.39, 0.29) is 5.92 Å². The Hall–Kier alpha value is -1.40. The first-order valence-electron chi connectivity index (χ1n) is 6.86. The Labute approximate surface area is 119 Å². The molecule has 6 nitrogen and oxygen atoms in total. The molecule has 0 saturated carbocycles. The number of carbonyl (C=O) groups is 2. The van der Waals surface area contributed by atoms with Crippen LogP contribution in [0.15, 0.2) is 12.2 Å². The van der Waals surface area contributed by atoms with Crippen molar-refractivity contribution in [1.82, 2.24) is 5.32 Å². The maximum Gasteiger partial charge on any atom is 0.334 e. The molecule has 1 rings (SSSR count). The lowest BCUT2D eigenvalue weighted by atomic mass is 9.87. The Morgan fingerprint density at radius 3 is 2.70 bits per heavy atom. The third kappa shape index (κ3) is 3.37. The van der Waals surface area contributed by atoms with E-state index >= 15 is 0 Å². The van der Waals surface area contributed by atoms with Crippen LogP contribution in [0.3, 0.4) is 0 Å². The molecular weight excluding hydrogens is 260 g/mol. The average molecular weight is 284 g/mol. The molecular formula is C14H24N2O4. The summed E-state index contributed by atoms with van der Waals surface area (Å²) in [5.41, 5.74) is 4.35. The summed E-state index contributed by atoms with van der Waals surface area (Å²) in [7, 11) is 1.24. The third-order valence-corrected chi connectivity index (χ3v) is 3.68. The lowest BCUT2D eigenvalue weighted by molar-refractivity contribution is -0.156. The smallest absolute Gasteiger partial charge is 0.334 e. The molecule has 0 heterocycles. The van der Waals surface area contributed by atoms with Gasteiger partial charge in [-0.15, -0.1) is 0 Å². The van der Waals surface area contributed by atoms with Crippen LogP contribution in [-0.2, 0) is 14.3 Å². The van der Waals surface area contributed by atoms with Crippen molar-refractivity contribution < 1.29 is 19.4 Å². The molecule has 1 aliphatic rings. The van der Waals surface area contributed by atoms with Gasteiger partial charge in [-0.1, -0.05) is 26.0 Å². The minimum Gasteiger partial charge on any atom is -0.467 e. The number of ether oxygens (including phenoxy) is 1. The highest BCUT2D eigenvalue weighted by Crippen LogP contribution is 2.25. The fourth-order valence-electron chi connectivity index (χ4n) is 2.23. The number of aliphatic hydroxyl groups excluding tert-OH is 1. The number of hydrogen-bond donors (Lipinski definition) is 3. The minimum atomic E-state index is -1.45. The van der Waals surface area contributed by atoms with Crippen molar-refractivity contribution in [2.24, 2.45) is 11.7 Å². The number of rotatable bonds is 4. The van der Waals surface area contributed by atoms with Gasteiger partial charge in [0.1, 0.15) is 6.10 Å². The maximum atomic E-state index is 12.2. The Balaban J connectivity index is 3.03. The number of carbonyl (C=O) groups excluding carboxylic acids is 2. The van der Waals surface area contributed by atoms with Gasteiger partial charge in [0.15, 0.2) is 5.54 Å². The van der Waals surface area contributed by atoms with E-state index in [0.29, 0.717) is 12.8 Å². The van der Waals surface area contributed by atoms with Crippen molar-refractivity contribution in [2.45, 2.75) is 50.8 Å². The van der Waals surface area contributed by atoms with Gasteiger partial charge in [-0.3, -0.25) is 4.79 Å². The molecule has 1 amide bonds. The van der Waals surface area contributed by atoms with Gasteiger partial charge in [-0.05, 0) is 25.2 Å². The number of methoxy groups -OCH3 is 1. The number of hydrogen-bond acceptors (Lipinski definition) is 5. The van der Waals surface area contributed by atoms with Gasteiger partial charge in [-0.2, -0.15) is 0 Å². The van der Waals surface area contributed by atoms with E-state index in [1.54, 1.807) is 6.08 Å². The van der Waals surface area contributed by atoms with Crippen LogP contribution in [-0.4, -0.2) is 41.8 Å². The first-order chi connectivity index (χ1) is 9.35. The standard InChI is InChI=1S/C14H24N2O4/c1-9(2)11(15)12(18)16-14(13(19)20-3)8-6-4-5-7-10(14)17/h5,7,9-11,17H,4,6,8,15H2,1-3H3,(H,16,18)/t10-,11-,14+/m1/s1. The molecule has 0 saturated heterocycles. The Bertz CT molecular complexity index is 395. The van der Waals surface area contributed by atoms with Crippen LogP contribution in [0.1, 0.15) is 33.1 Å². The minimum absolute atomic E-state index is 0.0665. The topological polar surface area (TPSA) is 102 Å². The van der Waals surface area contributed by atoms with Gasteiger partial charge in [-0.25, -0.2) is 4.79 Å². The fourth-order valence-corrected chi connectivity index (χ4v) is 2.23. The van der Waals surface area contributed by atoms with Crippen LogP contribution in [0.25, 0.3) is 0 Å². The van der Waals surface area contributed by atoms with E-state index in [1.807, 2.05) is 13.8 Å². The molecule has 0 radical (unpaired) electrons. The van der Waals surface area contributed by atoms with Crippen LogP contribution < -0.4 is 11.1 Å². The highest BCUT2D eigenvalue weighted by molar-refractivity contribution is 5.91. The van der Waals surface area contributed by atoms with Crippen molar-refractivity contribution in [3.05, 3.63) is 12.2 Å². The summed E-state index contributed by atoms with van der Waals surface area (Å²) in [6.07, 6.45) is 3.90. The van der Waals surface area contributed by atoms with Crippen LogP contribution in [0.5, 0.6) is 0 Å². The summed E-state index contributed by atoms with van der Waals surface area (Å²) < 4.78 is 4.77. The van der Waals surface area contributed by atoms with Crippen LogP contribution >= 0.6 is 0 Å². The number of aliphatic hydroxyl groups is 1. The third-order valence-electron chi connectivity index (χ3n) is 3.68. The second kappa shape index (κ2) is 6.85. The SMILES string of the molecule is COC(=O)[C@]1(NC(=O)[C@H](N)C(C)C)CCCC=C[C@H]1O. The summed E-state index contributed by atoms with van der Waals surface area (Å²) in [5.74, 6) is -1.18. The van der Waals surface area contributed by atoms with Crippen LogP contribution in [0.2, 0.25) is 0 Å². The maximum absolute atomic E-state index is 12.2. The molecule has 0 aromatic rings. The second-order valence-corrected chi connectivity index (χ2v) is 5.49. The summed E-state index contributed by atoms with van der Waals surface area (Å²) in [6, 6.07) is -0.740. The Kier molecular flexibility index (Phi) is 5.71. The van der Waals surface area contributed by atoms with Gasteiger partial charge in [0.25, 0.3) is 0 Å². The number of nitrogens with one attached hydrogen (secondary N) is 1. The molecule has 0 aromatic carbocycles. The van der Waals surface area contributed by atoms with E-state index in [4.69, 9.17) is 10.5 Å². The fraction of sp³-hybridized carbons (Fsp3) is 0.714. The van der Waals surface area contributed by atoms with Gasteiger partial charge < -0.3 is 20.9 Å². The molecule has 4 N–H and O–H groups in total. The Morgan fingerprint density at radius 1 is 1.50 bits per heavy atom. The molecule has 6 heteroatoms. The molecule has 0 bridgehead atoms. The highest BCUT2D eigenvalue weighted by atomic mass is 16.5. The number of allylic oxidation sites excluding steroid dienone is 1. The zero-order valence-corrected chi connectivity index (χ0v) is 12.3. The van der Waals surface area contributed by atoms with E-state index in [9.17, 15) is 14.7 Å². The van der Waals surface area contributed by atoms with E-state index in [1.165, 1.54) is 13.2 Å². The molecule has 0 aromatic heterocycles. The van der Waals surface area contributed by atoms with Gasteiger partial charge in [0.05, 0.1) is 13.2 Å². The average Bonchev–Trinajstić information content (AvgIpc) is 2.60. The first kappa shape index (κ1) is 16.7. The molecule has 114 valence electrons. The van der Waals surface area contributed by atoms with E-state index in [2.05, 4.69) is 5.32 Å². The van der Waals surface area contributed by atoms with Crippen LogP contribution in [0, 0.1) is 5.92 Å². The zero-order valence-electron chi connectivity index (χ0n) is 12.3. The predicted molar refractivity (Wildman–Crippen MR) is 74.7 cm³/mol. The van der Waals surface area contributed by atoms with Gasteiger partial charge in [0, 0.05) is 0 Å². The number of esters is 1. The largest absolute Gasteiger partial charge is 0.467 e. The summed E-state index contributed by atoms with van der Waals surface area (Å²) in [6.45, 7) is 3.64. The van der Waals surface area contributed by atoms with E-state index < -0.39 is 29.6 Å². The van der Waals surface area contributed by atoms with Crippen molar-refractivity contribution in [2.75, 3.05) is 7.11 Å². The molecule has 0 aliphatic heterocycles. The molecule has 20 heavy (non-hydrogen) atoms. The summed E-state index contributed by atoms with van der Waals surface area (Å²) in [4.78, 5) is 24.3. The van der Waals surface area contributed by atoms with Gasteiger partial charge in [0.2, 0.25) is 5.91 Å². The second-order valence-electron chi connectivity index (χ2n) is 5.49. The van der Waals surface area contributed by atoms with Crippen molar-refractivity contribution >= 4 is 11.9 Å². The molecule has 1 aliphatic carbocycles. The zero-order chi connectivity index (χ0) is 15.3. The van der Waals surface area contributed by atoms with E-state index in [0.717, 1.165) is 6.42 Å². The van der Waals surface area contributed by atoms with Crippen molar-refractivity contribution in [3.8, 4) is 0 Å². The lowest BCUT2D eigenvalue weighted by Gasteiger charge is -2.35. The van der Waals surface area contributed by atoms with Crippen molar-refractivity contribution in [3.63, 3.8) is 0 Å². The monoisotopic (exact) mass is 284 g/mol. The number of nitrogens with two attached hydrogens (primary N) is 1. The van der Waals surface area contributed by atoms with Crippen LogP contribution in [0.4, 0.5) is 0 Å². The lowest BCUT2D eigenvalue weighted by Crippen LogP contribution is -2.64. The summed E-state index contributed by atoms with van der Waals surface area (Å²) in [5, 5.41) is 12.8.